The molecule has 8 heteroatoms. The molecule has 2 aliphatic carbocycles. The van der Waals surface area contributed by atoms with Crippen molar-refractivity contribution < 1.29 is 19.2 Å². The van der Waals surface area contributed by atoms with E-state index in [2.05, 4.69) is 5.32 Å². The molecule has 6 atom stereocenters. The number of hydrogen-bond acceptors (Lipinski definition) is 4. The van der Waals surface area contributed by atoms with Gasteiger partial charge in [-0.05, 0) is 37.5 Å². The number of carbonyl (C=O) groups excluding carboxylic acids is 4. The lowest BCUT2D eigenvalue weighted by Crippen LogP contribution is -2.46. The molecule has 2 saturated carbocycles. The van der Waals surface area contributed by atoms with Gasteiger partial charge in [0.15, 0.2) is 0 Å². The summed E-state index contributed by atoms with van der Waals surface area (Å²) in [5.41, 5.74) is 5.37. The maximum Gasteiger partial charge on any atom is 0.248 e. The maximum absolute atomic E-state index is 12.4. The third kappa shape index (κ3) is 2.37. The second-order valence-corrected chi connectivity index (χ2v) is 7.14. The van der Waals surface area contributed by atoms with Gasteiger partial charge in [0.1, 0.15) is 12.2 Å². The zero-order valence-electron chi connectivity index (χ0n) is 13.1. The van der Waals surface area contributed by atoms with Crippen LogP contribution in [0.25, 0.3) is 0 Å². The molecule has 0 aromatic rings. The van der Waals surface area contributed by atoms with Crippen molar-refractivity contribution in [2.45, 2.75) is 50.0 Å². The van der Waals surface area contributed by atoms with Crippen molar-refractivity contribution in [1.82, 2.24) is 15.1 Å². The normalized spacial score (nSPS) is 38.7. The van der Waals surface area contributed by atoms with Crippen LogP contribution in [0, 0.1) is 11.8 Å². The summed E-state index contributed by atoms with van der Waals surface area (Å²) in [7, 11) is 0. The highest BCUT2D eigenvalue weighted by molar-refractivity contribution is 5.99. The first-order chi connectivity index (χ1) is 11.5. The van der Waals surface area contributed by atoms with E-state index in [1.54, 1.807) is 4.90 Å². The Balaban J connectivity index is 1.42. The predicted octanol–water partition coefficient (Wildman–Crippen LogP) is -1.29. The highest BCUT2D eigenvalue weighted by Gasteiger charge is 2.55. The van der Waals surface area contributed by atoms with E-state index in [1.807, 2.05) is 0 Å². The number of likely N-dealkylation sites (tertiary alicyclic amines) is 2. The van der Waals surface area contributed by atoms with Crippen molar-refractivity contribution in [3.05, 3.63) is 12.2 Å². The summed E-state index contributed by atoms with van der Waals surface area (Å²) in [6.07, 6.45) is 6.01. The van der Waals surface area contributed by atoms with E-state index in [1.165, 1.54) is 17.1 Å². The van der Waals surface area contributed by atoms with Crippen molar-refractivity contribution in [1.29, 1.82) is 0 Å². The SMILES string of the molecule is NC(=O)[C@@H]1C[C@@H]2C[C@@H]2N1C(=O)/C=C/C(=O)N1[C@H](NC=O)C[C@@H]2C[C@@H]21. The summed E-state index contributed by atoms with van der Waals surface area (Å²) in [5, 5.41) is 2.65. The van der Waals surface area contributed by atoms with Crippen LogP contribution in [-0.4, -0.2) is 58.2 Å². The number of nitrogens with two attached hydrogens (primary N) is 1. The number of piperidine rings is 2. The molecule has 0 aromatic carbocycles. The van der Waals surface area contributed by atoms with E-state index in [-0.39, 0.29) is 30.1 Å². The van der Waals surface area contributed by atoms with Crippen LogP contribution in [-0.2, 0) is 19.2 Å². The first kappa shape index (κ1) is 15.2. The molecule has 0 radical (unpaired) electrons. The number of carbonyl (C=O) groups is 4. The Bertz CT molecular complexity index is 648. The van der Waals surface area contributed by atoms with Gasteiger partial charge in [0.05, 0.1) is 0 Å². The molecule has 2 aliphatic heterocycles. The summed E-state index contributed by atoms with van der Waals surface area (Å²) in [4.78, 5) is 50.1. The summed E-state index contributed by atoms with van der Waals surface area (Å²) in [5.74, 6) is -0.313. The van der Waals surface area contributed by atoms with Gasteiger partial charge in [0.25, 0.3) is 0 Å². The van der Waals surface area contributed by atoms with Crippen LogP contribution in [0.3, 0.4) is 0 Å². The van der Waals surface area contributed by atoms with E-state index in [9.17, 15) is 19.2 Å². The largest absolute Gasteiger partial charge is 0.368 e. The minimum absolute atomic E-state index is 0.0822. The predicted molar refractivity (Wildman–Crippen MR) is 81.8 cm³/mol. The van der Waals surface area contributed by atoms with Crippen molar-refractivity contribution in [3.63, 3.8) is 0 Å². The second kappa shape index (κ2) is 5.32. The van der Waals surface area contributed by atoms with E-state index in [4.69, 9.17) is 5.73 Å². The van der Waals surface area contributed by atoms with E-state index >= 15 is 0 Å². The van der Waals surface area contributed by atoms with Crippen molar-refractivity contribution in [3.8, 4) is 0 Å². The lowest BCUT2D eigenvalue weighted by molar-refractivity contribution is -0.135. The maximum atomic E-state index is 12.4. The average Bonchev–Trinajstić information content (AvgIpc) is 3.42. The fourth-order valence-corrected chi connectivity index (χ4v) is 4.34. The standard InChI is InChI=1S/C16H20N4O4/c17-16(24)12-5-8-3-10(8)19(12)14(22)1-2-15(23)20-11-4-9(11)6-13(20)18-7-21/h1-2,7-13H,3-6H2,(H2,17,24)(H,18,21)/b2-1+/t8-,9-,10-,11-,12-,13-/m0/s1. The minimum Gasteiger partial charge on any atom is -0.368 e. The third-order valence-corrected chi connectivity index (χ3v) is 5.68. The summed E-state index contributed by atoms with van der Waals surface area (Å²) < 4.78 is 0. The Hall–Kier alpha value is -2.38. The number of primary amides is 1. The highest BCUT2D eigenvalue weighted by atomic mass is 16.2. The topological polar surface area (TPSA) is 113 Å². The van der Waals surface area contributed by atoms with Gasteiger partial charge in [-0.2, -0.15) is 0 Å². The van der Waals surface area contributed by atoms with Crippen LogP contribution in [0.2, 0.25) is 0 Å². The Labute approximate surface area is 139 Å². The van der Waals surface area contributed by atoms with Crippen LogP contribution < -0.4 is 11.1 Å². The van der Waals surface area contributed by atoms with Crippen LogP contribution in [0.5, 0.6) is 0 Å². The number of hydrogen-bond donors (Lipinski definition) is 2. The molecule has 0 aromatic heterocycles. The van der Waals surface area contributed by atoms with E-state index in [0.29, 0.717) is 24.7 Å². The van der Waals surface area contributed by atoms with E-state index in [0.717, 1.165) is 19.3 Å². The Morgan fingerprint density at radius 1 is 0.917 bits per heavy atom. The summed E-state index contributed by atoms with van der Waals surface area (Å²) >= 11 is 0. The molecule has 0 spiro atoms. The quantitative estimate of drug-likeness (QED) is 0.482. The van der Waals surface area contributed by atoms with E-state index < -0.39 is 11.9 Å². The second-order valence-electron chi connectivity index (χ2n) is 7.14. The first-order valence-corrected chi connectivity index (χ1v) is 8.33. The van der Waals surface area contributed by atoms with Gasteiger partial charge in [0.2, 0.25) is 24.1 Å². The van der Waals surface area contributed by atoms with Crippen LogP contribution in [0.15, 0.2) is 12.2 Å². The molecule has 4 fully saturated rings. The number of nitrogens with one attached hydrogen (secondary N) is 1. The number of fused-ring (bicyclic) bond motifs is 2. The minimum atomic E-state index is -0.565. The molecule has 4 rings (SSSR count). The lowest BCUT2D eigenvalue weighted by atomic mass is 10.1. The zero-order chi connectivity index (χ0) is 17.0. The summed E-state index contributed by atoms with van der Waals surface area (Å²) in [6.45, 7) is 0. The fourth-order valence-electron chi connectivity index (χ4n) is 4.34. The highest BCUT2D eigenvalue weighted by Crippen LogP contribution is 2.48. The average molecular weight is 332 g/mol. The molecule has 4 aliphatic rings. The first-order valence-electron chi connectivity index (χ1n) is 8.33. The molecule has 2 heterocycles. The van der Waals surface area contributed by atoms with Gasteiger partial charge in [-0.15, -0.1) is 0 Å². The van der Waals surface area contributed by atoms with Crippen molar-refractivity contribution >= 4 is 24.1 Å². The van der Waals surface area contributed by atoms with Crippen molar-refractivity contribution in [2.75, 3.05) is 0 Å². The van der Waals surface area contributed by atoms with Gasteiger partial charge in [0, 0.05) is 24.2 Å². The molecular weight excluding hydrogens is 312 g/mol. The van der Waals surface area contributed by atoms with Crippen LogP contribution >= 0.6 is 0 Å². The molecule has 0 unspecified atom stereocenters. The molecule has 2 saturated heterocycles. The molecule has 4 amide bonds. The van der Waals surface area contributed by atoms with Crippen molar-refractivity contribution in [2.24, 2.45) is 17.6 Å². The Morgan fingerprint density at radius 3 is 2.12 bits per heavy atom. The molecule has 128 valence electrons. The number of amides is 4. The Morgan fingerprint density at radius 2 is 1.50 bits per heavy atom. The van der Waals surface area contributed by atoms with Gasteiger partial charge >= 0.3 is 0 Å². The van der Waals surface area contributed by atoms with Gasteiger partial charge < -0.3 is 20.9 Å². The fraction of sp³-hybridized carbons (Fsp3) is 0.625. The molecule has 0 bridgehead atoms. The van der Waals surface area contributed by atoms with Gasteiger partial charge in [-0.3, -0.25) is 19.2 Å². The lowest BCUT2D eigenvalue weighted by Gasteiger charge is -2.26. The molecular formula is C16H20N4O4. The number of nitrogens with zero attached hydrogens (tertiary/aromatic N) is 2. The molecule has 8 nitrogen and oxygen atoms in total. The smallest absolute Gasteiger partial charge is 0.248 e. The monoisotopic (exact) mass is 332 g/mol. The third-order valence-electron chi connectivity index (χ3n) is 5.68. The van der Waals surface area contributed by atoms with Crippen LogP contribution in [0.4, 0.5) is 0 Å². The zero-order valence-corrected chi connectivity index (χ0v) is 13.1. The molecule has 24 heavy (non-hydrogen) atoms. The summed E-state index contributed by atoms with van der Waals surface area (Å²) in [6, 6.07) is -0.323. The number of rotatable bonds is 5. The van der Waals surface area contributed by atoms with Gasteiger partial charge in [-0.25, -0.2) is 0 Å². The van der Waals surface area contributed by atoms with Gasteiger partial charge in [-0.1, -0.05) is 0 Å². The molecule has 3 N–H and O–H groups in total. The van der Waals surface area contributed by atoms with Crippen LogP contribution in [0.1, 0.15) is 25.7 Å². The Kier molecular flexibility index (Phi) is 3.36.